The maximum Gasteiger partial charge on any atom is 0.251 e. The molecule has 1 fully saturated rings. The fraction of sp³-hybridized carbons (Fsp3) is 0.538. The minimum Gasteiger partial charge on any atom is -0.470 e. The van der Waals surface area contributed by atoms with Crippen molar-refractivity contribution in [2.45, 2.75) is 32.3 Å². The van der Waals surface area contributed by atoms with Crippen molar-refractivity contribution >= 4 is 5.91 Å². The first-order chi connectivity index (χ1) is 9.24. The summed E-state index contributed by atoms with van der Waals surface area (Å²) in [6, 6.07) is 1.94. The molecule has 0 bridgehead atoms. The van der Waals surface area contributed by atoms with Gasteiger partial charge in [-0.15, -0.1) is 0 Å². The maximum absolute atomic E-state index is 11.8. The third kappa shape index (κ3) is 3.19. The van der Waals surface area contributed by atoms with E-state index in [1.54, 1.807) is 4.90 Å². The number of carbonyl (C=O) groups is 1. The summed E-state index contributed by atoms with van der Waals surface area (Å²) >= 11 is 0. The summed E-state index contributed by atoms with van der Waals surface area (Å²) < 4.78 is 5.67. The fourth-order valence-electron chi connectivity index (χ4n) is 2.07. The molecule has 1 atom stereocenters. The molecule has 100 valence electrons. The highest BCUT2D eigenvalue weighted by Gasteiger charge is 2.28. The van der Waals surface area contributed by atoms with Crippen molar-refractivity contribution in [1.29, 1.82) is 5.26 Å². The number of hydrogen-bond acceptors (Lipinski definition) is 5. The van der Waals surface area contributed by atoms with E-state index in [9.17, 15) is 4.79 Å². The smallest absolute Gasteiger partial charge is 0.251 e. The van der Waals surface area contributed by atoms with Crippen molar-refractivity contribution in [2.75, 3.05) is 13.1 Å². The van der Waals surface area contributed by atoms with Crippen molar-refractivity contribution in [3.63, 3.8) is 0 Å². The largest absolute Gasteiger partial charge is 0.470 e. The molecule has 1 saturated heterocycles. The Morgan fingerprint density at radius 3 is 3.11 bits per heavy atom. The highest BCUT2D eigenvalue weighted by atomic mass is 16.5. The van der Waals surface area contributed by atoms with Gasteiger partial charge in [0.05, 0.1) is 6.54 Å². The van der Waals surface area contributed by atoms with Gasteiger partial charge >= 0.3 is 0 Å². The number of nitrogens with zero attached hydrogens (tertiary/aromatic N) is 4. The predicted octanol–water partition coefficient (Wildman–Crippen LogP) is 1.13. The number of carbonyl (C=O) groups excluding carboxylic acids is 1. The van der Waals surface area contributed by atoms with Gasteiger partial charge in [-0.1, -0.05) is 6.92 Å². The van der Waals surface area contributed by atoms with Crippen LogP contribution in [0.25, 0.3) is 0 Å². The van der Waals surface area contributed by atoms with Crippen LogP contribution in [0.1, 0.15) is 31.9 Å². The van der Waals surface area contributed by atoms with Crippen LogP contribution in [0, 0.1) is 11.3 Å². The number of aromatic nitrogens is 2. The Balaban J connectivity index is 1.95. The molecule has 1 amide bonds. The highest BCUT2D eigenvalue weighted by Crippen LogP contribution is 2.19. The zero-order valence-corrected chi connectivity index (χ0v) is 10.9. The van der Waals surface area contributed by atoms with E-state index in [1.165, 1.54) is 12.4 Å². The van der Waals surface area contributed by atoms with Crippen LogP contribution in [0.2, 0.25) is 0 Å². The molecule has 0 radical (unpaired) electrons. The quantitative estimate of drug-likeness (QED) is 0.810. The highest BCUT2D eigenvalue weighted by molar-refractivity contribution is 5.76. The summed E-state index contributed by atoms with van der Waals surface area (Å²) in [5.41, 5.74) is 0.181. The average molecular weight is 260 g/mol. The van der Waals surface area contributed by atoms with E-state index in [1.807, 2.05) is 13.0 Å². The minimum atomic E-state index is -0.107. The number of rotatable bonds is 4. The Hall–Kier alpha value is -2.16. The Labute approximate surface area is 112 Å². The molecular formula is C13H16N4O2. The van der Waals surface area contributed by atoms with Gasteiger partial charge in [-0.25, -0.2) is 9.97 Å². The molecule has 0 saturated carbocycles. The van der Waals surface area contributed by atoms with Gasteiger partial charge in [0.15, 0.2) is 0 Å². The predicted molar refractivity (Wildman–Crippen MR) is 67.3 cm³/mol. The molecule has 6 nitrogen and oxygen atoms in total. The van der Waals surface area contributed by atoms with Gasteiger partial charge in [0.1, 0.15) is 12.2 Å². The number of nitriles is 1. The molecule has 2 heterocycles. The van der Waals surface area contributed by atoms with Crippen molar-refractivity contribution in [3.8, 4) is 11.9 Å². The maximum atomic E-state index is 11.8. The second-order valence-electron chi connectivity index (χ2n) is 4.44. The Morgan fingerprint density at radius 2 is 2.37 bits per heavy atom. The molecule has 19 heavy (non-hydrogen) atoms. The summed E-state index contributed by atoms with van der Waals surface area (Å²) in [6.07, 6.45) is 5.02. The minimum absolute atomic E-state index is 0.107. The zero-order valence-electron chi connectivity index (χ0n) is 10.9. The molecule has 2 rings (SSSR count). The van der Waals surface area contributed by atoms with E-state index in [4.69, 9.17) is 10.00 Å². The van der Waals surface area contributed by atoms with Gasteiger partial charge < -0.3 is 9.64 Å². The lowest BCUT2D eigenvalue weighted by Crippen LogP contribution is -2.30. The van der Waals surface area contributed by atoms with E-state index in [2.05, 4.69) is 9.97 Å². The number of hydrogen-bond donors (Lipinski definition) is 0. The van der Waals surface area contributed by atoms with E-state index < -0.39 is 0 Å². The van der Waals surface area contributed by atoms with Crippen molar-refractivity contribution in [1.82, 2.24) is 14.9 Å². The van der Waals surface area contributed by atoms with Gasteiger partial charge in [-0.2, -0.15) is 5.26 Å². The SMILES string of the molecule is CCCC(=O)N1CCC(Oc2nccnc2C#N)C1. The van der Waals surface area contributed by atoms with E-state index in [-0.39, 0.29) is 23.6 Å². The molecule has 1 aliphatic rings. The molecule has 6 heteroatoms. The first-order valence-electron chi connectivity index (χ1n) is 6.40. The van der Waals surface area contributed by atoms with Crippen LogP contribution < -0.4 is 4.74 Å². The van der Waals surface area contributed by atoms with Crippen LogP contribution in [0.15, 0.2) is 12.4 Å². The van der Waals surface area contributed by atoms with Gasteiger partial charge in [0.25, 0.3) is 5.88 Å². The molecule has 0 aromatic carbocycles. The van der Waals surface area contributed by atoms with Crippen molar-refractivity contribution in [2.24, 2.45) is 0 Å². The lowest BCUT2D eigenvalue weighted by Gasteiger charge is -2.16. The molecule has 1 aromatic heterocycles. The first-order valence-corrected chi connectivity index (χ1v) is 6.40. The monoisotopic (exact) mass is 260 g/mol. The number of amides is 1. The topological polar surface area (TPSA) is 79.1 Å². The van der Waals surface area contributed by atoms with Gasteiger partial charge in [0.2, 0.25) is 11.6 Å². The van der Waals surface area contributed by atoms with Gasteiger partial charge in [0, 0.05) is 31.8 Å². The summed E-state index contributed by atoms with van der Waals surface area (Å²) in [5, 5.41) is 8.91. The summed E-state index contributed by atoms with van der Waals surface area (Å²) in [7, 11) is 0. The average Bonchev–Trinajstić information content (AvgIpc) is 2.88. The van der Waals surface area contributed by atoms with Crippen molar-refractivity contribution < 1.29 is 9.53 Å². The van der Waals surface area contributed by atoms with Crippen LogP contribution in [0.4, 0.5) is 0 Å². The molecule has 1 aliphatic heterocycles. The number of ether oxygens (including phenoxy) is 1. The van der Waals surface area contributed by atoms with E-state index >= 15 is 0 Å². The second kappa shape index (κ2) is 6.14. The van der Waals surface area contributed by atoms with Crippen LogP contribution in [0.5, 0.6) is 5.88 Å². The summed E-state index contributed by atoms with van der Waals surface area (Å²) in [6.45, 7) is 3.24. The summed E-state index contributed by atoms with van der Waals surface area (Å²) in [4.78, 5) is 21.5. The third-order valence-corrected chi connectivity index (χ3v) is 3.01. The molecular weight excluding hydrogens is 244 g/mol. The van der Waals surface area contributed by atoms with Gasteiger partial charge in [-0.3, -0.25) is 4.79 Å². The lowest BCUT2D eigenvalue weighted by molar-refractivity contribution is -0.130. The van der Waals surface area contributed by atoms with Crippen LogP contribution in [-0.2, 0) is 4.79 Å². The van der Waals surface area contributed by atoms with Crippen LogP contribution >= 0.6 is 0 Å². The first kappa shape index (κ1) is 13.3. The van der Waals surface area contributed by atoms with Gasteiger partial charge in [-0.05, 0) is 6.42 Å². The zero-order chi connectivity index (χ0) is 13.7. The number of likely N-dealkylation sites (tertiary alicyclic amines) is 1. The standard InChI is InChI=1S/C13H16N4O2/c1-2-3-12(18)17-7-4-10(9-17)19-13-11(8-14)15-5-6-16-13/h5-6,10H,2-4,7,9H2,1H3. The second-order valence-corrected chi connectivity index (χ2v) is 4.44. The normalized spacial score (nSPS) is 18.1. The van der Waals surface area contributed by atoms with Crippen LogP contribution in [-0.4, -0.2) is 40.0 Å². The van der Waals surface area contributed by atoms with Crippen LogP contribution in [0.3, 0.4) is 0 Å². The molecule has 1 aromatic rings. The molecule has 0 aliphatic carbocycles. The molecule has 0 spiro atoms. The Bertz CT molecular complexity index is 498. The van der Waals surface area contributed by atoms with E-state index in [0.29, 0.717) is 19.5 Å². The summed E-state index contributed by atoms with van der Waals surface area (Å²) in [5.74, 6) is 0.410. The Morgan fingerprint density at radius 1 is 1.58 bits per heavy atom. The Kier molecular flexibility index (Phi) is 4.29. The van der Waals surface area contributed by atoms with Crippen molar-refractivity contribution in [3.05, 3.63) is 18.1 Å². The molecule has 1 unspecified atom stereocenters. The fourth-order valence-corrected chi connectivity index (χ4v) is 2.07. The van der Waals surface area contributed by atoms with E-state index in [0.717, 1.165) is 12.8 Å². The molecule has 0 N–H and O–H groups in total. The third-order valence-electron chi connectivity index (χ3n) is 3.01. The lowest BCUT2D eigenvalue weighted by atomic mass is 10.3.